The summed E-state index contributed by atoms with van der Waals surface area (Å²) in [5, 5.41) is 3.48. The predicted octanol–water partition coefficient (Wildman–Crippen LogP) is 2.66. The molecule has 1 heterocycles. The van der Waals surface area contributed by atoms with E-state index in [1.54, 1.807) is 0 Å². The molecule has 1 aliphatic carbocycles. The highest BCUT2D eigenvalue weighted by atomic mass is 15.3. The van der Waals surface area contributed by atoms with Gasteiger partial charge in [0.15, 0.2) is 5.96 Å². The third-order valence-electron chi connectivity index (χ3n) is 5.35. The SMILES string of the molecule is CCNC(=NCC1CCN(C)C1)N(C)CC1CCC(C)CC1. The Hall–Kier alpha value is -0.770. The average Bonchev–Trinajstić information content (AvgIpc) is 2.91. The fraction of sp³-hybridized carbons (Fsp3) is 0.944. The minimum absolute atomic E-state index is 0.739. The first kappa shape index (κ1) is 17.6. The molecule has 0 spiro atoms. The fourth-order valence-corrected chi connectivity index (χ4v) is 3.85. The summed E-state index contributed by atoms with van der Waals surface area (Å²) in [4.78, 5) is 9.70. The van der Waals surface area contributed by atoms with Crippen LogP contribution < -0.4 is 5.32 Å². The van der Waals surface area contributed by atoms with Gasteiger partial charge in [-0.3, -0.25) is 4.99 Å². The normalized spacial score (nSPS) is 30.5. The van der Waals surface area contributed by atoms with Crippen LogP contribution in [-0.2, 0) is 0 Å². The molecule has 2 rings (SSSR count). The van der Waals surface area contributed by atoms with E-state index in [1.807, 2.05) is 0 Å². The second kappa shape index (κ2) is 8.76. The molecule has 0 amide bonds. The van der Waals surface area contributed by atoms with Gasteiger partial charge in [-0.2, -0.15) is 0 Å². The molecule has 0 aromatic rings. The van der Waals surface area contributed by atoms with Crippen LogP contribution in [0.15, 0.2) is 4.99 Å². The van der Waals surface area contributed by atoms with Gasteiger partial charge in [-0.05, 0) is 57.5 Å². The van der Waals surface area contributed by atoms with E-state index in [0.717, 1.165) is 43.3 Å². The van der Waals surface area contributed by atoms with Crippen molar-refractivity contribution in [1.29, 1.82) is 0 Å². The summed E-state index contributed by atoms with van der Waals surface area (Å²) < 4.78 is 0. The second-order valence-corrected chi connectivity index (χ2v) is 7.62. The van der Waals surface area contributed by atoms with Crippen LogP contribution in [0.5, 0.6) is 0 Å². The number of hydrogen-bond acceptors (Lipinski definition) is 2. The van der Waals surface area contributed by atoms with E-state index >= 15 is 0 Å². The Morgan fingerprint density at radius 2 is 1.91 bits per heavy atom. The summed E-state index contributed by atoms with van der Waals surface area (Å²) in [6.07, 6.45) is 6.88. The Bertz CT molecular complexity index is 347. The third-order valence-corrected chi connectivity index (χ3v) is 5.35. The van der Waals surface area contributed by atoms with Crippen LogP contribution in [0.4, 0.5) is 0 Å². The van der Waals surface area contributed by atoms with E-state index in [0.29, 0.717) is 0 Å². The van der Waals surface area contributed by atoms with Gasteiger partial charge in [0.05, 0.1) is 0 Å². The quantitative estimate of drug-likeness (QED) is 0.626. The topological polar surface area (TPSA) is 30.9 Å². The number of nitrogens with one attached hydrogen (secondary N) is 1. The highest BCUT2D eigenvalue weighted by Gasteiger charge is 2.22. The summed E-state index contributed by atoms with van der Waals surface area (Å²) in [7, 11) is 4.42. The molecule has 2 aliphatic rings. The van der Waals surface area contributed by atoms with Gasteiger partial charge in [0, 0.05) is 33.2 Å². The number of nitrogens with zero attached hydrogens (tertiary/aromatic N) is 3. The first-order valence-electron chi connectivity index (χ1n) is 9.26. The summed E-state index contributed by atoms with van der Waals surface area (Å²) in [6, 6.07) is 0. The molecule has 0 radical (unpaired) electrons. The Kier molecular flexibility index (Phi) is 7.00. The lowest BCUT2D eigenvalue weighted by Crippen LogP contribution is -2.42. The zero-order valence-corrected chi connectivity index (χ0v) is 15.1. The van der Waals surface area contributed by atoms with Gasteiger partial charge in [0.2, 0.25) is 0 Å². The zero-order valence-electron chi connectivity index (χ0n) is 15.1. The van der Waals surface area contributed by atoms with Gasteiger partial charge < -0.3 is 15.1 Å². The first-order chi connectivity index (χ1) is 10.6. The van der Waals surface area contributed by atoms with Gasteiger partial charge in [-0.1, -0.05) is 19.8 Å². The molecular formula is C18H36N4. The molecule has 1 saturated carbocycles. The molecule has 128 valence electrons. The number of guanidine groups is 1. The first-order valence-corrected chi connectivity index (χ1v) is 9.26. The molecule has 22 heavy (non-hydrogen) atoms. The van der Waals surface area contributed by atoms with Gasteiger partial charge in [0.1, 0.15) is 0 Å². The monoisotopic (exact) mass is 308 g/mol. The molecule has 0 aromatic carbocycles. The third kappa shape index (κ3) is 5.45. The van der Waals surface area contributed by atoms with Crippen molar-refractivity contribution in [2.24, 2.45) is 22.7 Å². The highest BCUT2D eigenvalue weighted by molar-refractivity contribution is 5.79. The lowest BCUT2D eigenvalue weighted by Gasteiger charge is -2.31. The number of likely N-dealkylation sites (tertiary alicyclic amines) is 1. The van der Waals surface area contributed by atoms with Crippen molar-refractivity contribution in [3.63, 3.8) is 0 Å². The van der Waals surface area contributed by atoms with E-state index in [9.17, 15) is 0 Å². The van der Waals surface area contributed by atoms with Gasteiger partial charge in [-0.15, -0.1) is 0 Å². The van der Waals surface area contributed by atoms with Crippen LogP contribution in [0.25, 0.3) is 0 Å². The van der Waals surface area contributed by atoms with Gasteiger partial charge in [0.25, 0.3) is 0 Å². The maximum Gasteiger partial charge on any atom is 0.193 e. The van der Waals surface area contributed by atoms with Crippen molar-refractivity contribution < 1.29 is 0 Å². The number of aliphatic imine (C=N–C) groups is 1. The lowest BCUT2D eigenvalue weighted by atomic mass is 9.83. The van der Waals surface area contributed by atoms with E-state index in [4.69, 9.17) is 4.99 Å². The number of rotatable bonds is 5. The average molecular weight is 309 g/mol. The Morgan fingerprint density at radius 3 is 2.50 bits per heavy atom. The van der Waals surface area contributed by atoms with Crippen LogP contribution in [0.2, 0.25) is 0 Å². The minimum atomic E-state index is 0.739. The molecule has 0 aromatic heterocycles. The molecule has 1 N–H and O–H groups in total. The Labute approximate surface area is 137 Å². The molecule has 4 nitrogen and oxygen atoms in total. The molecule has 2 fully saturated rings. The molecule has 0 bridgehead atoms. The van der Waals surface area contributed by atoms with Crippen LogP contribution in [0, 0.1) is 17.8 Å². The van der Waals surface area contributed by atoms with E-state index in [2.05, 4.69) is 43.1 Å². The summed E-state index contributed by atoms with van der Waals surface area (Å²) in [5.74, 6) is 3.63. The van der Waals surface area contributed by atoms with E-state index < -0.39 is 0 Å². The van der Waals surface area contributed by atoms with Crippen LogP contribution in [0.1, 0.15) is 46.0 Å². The fourth-order valence-electron chi connectivity index (χ4n) is 3.85. The van der Waals surface area contributed by atoms with Crippen molar-refractivity contribution in [3.8, 4) is 0 Å². The van der Waals surface area contributed by atoms with E-state index in [-0.39, 0.29) is 0 Å². The highest BCUT2D eigenvalue weighted by Crippen LogP contribution is 2.28. The van der Waals surface area contributed by atoms with Crippen molar-refractivity contribution in [1.82, 2.24) is 15.1 Å². The zero-order chi connectivity index (χ0) is 15.9. The maximum atomic E-state index is 4.92. The summed E-state index contributed by atoms with van der Waals surface area (Å²) in [6.45, 7) is 10.1. The molecular weight excluding hydrogens is 272 g/mol. The lowest BCUT2D eigenvalue weighted by molar-refractivity contribution is 0.250. The van der Waals surface area contributed by atoms with Crippen LogP contribution >= 0.6 is 0 Å². The summed E-state index contributed by atoms with van der Waals surface area (Å²) >= 11 is 0. The van der Waals surface area contributed by atoms with Gasteiger partial charge in [-0.25, -0.2) is 0 Å². The maximum absolute atomic E-state index is 4.92. The molecule has 1 aliphatic heterocycles. The summed E-state index contributed by atoms with van der Waals surface area (Å²) in [5.41, 5.74) is 0. The molecule has 4 heteroatoms. The number of hydrogen-bond donors (Lipinski definition) is 1. The standard InChI is InChI=1S/C18H36N4/c1-5-19-18(20-12-17-10-11-21(3)13-17)22(4)14-16-8-6-15(2)7-9-16/h15-17H,5-14H2,1-4H3,(H,19,20). The van der Waals surface area contributed by atoms with Crippen molar-refractivity contribution in [2.45, 2.75) is 46.0 Å². The Balaban J connectivity index is 1.83. The van der Waals surface area contributed by atoms with Crippen molar-refractivity contribution >= 4 is 5.96 Å². The smallest absolute Gasteiger partial charge is 0.193 e. The predicted molar refractivity (Wildman–Crippen MR) is 95.3 cm³/mol. The van der Waals surface area contributed by atoms with Crippen molar-refractivity contribution in [2.75, 3.05) is 46.8 Å². The van der Waals surface area contributed by atoms with Gasteiger partial charge >= 0.3 is 0 Å². The molecule has 1 unspecified atom stereocenters. The largest absolute Gasteiger partial charge is 0.357 e. The molecule has 1 saturated heterocycles. The minimum Gasteiger partial charge on any atom is -0.357 e. The second-order valence-electron chi connectivity index (χ2n) is 7.62. The molecule has 1 atom stereocenters. The van der Waals surface area contributed by atoms with Crippen molar-refractivity contribution in [3.05, 3.63) is 0 Å². The van der Waals surface area contributed by atoms with E-state index in [1.165, 1.54) is 45.2 Å². The van der Waals surface area contributed by atoms with Crippen LogP contribution in [0.3, 0.4) is 0 Å². The van der Waals surface area contributed by atoms with Crippen LogP contribution in [-0.4, -0.2) is 62.6 Å². The Morgan fingerprint density at radius 1 is 1.18 bits per heavy atom.